The molecule has 2 aliphatic heterocycles. The van der Waals surface area contributed by atoms with Crippen molar-refractivity contribution >= 4 is 11.8 Å². The highest BCUT2D eigenvalue weighted by atomic mass is 19.1. The summed E-state index contributed by atoms with van der Waals surface area (Å²) in [6.07, 6.45) is 3.80. The fourth-order valence-corrected chi connectivity index (χ4v) is 4.27. The Hall–Kier alpha value is -2.74. The van der Waals surface area contributed by atoms with Crippen molar-refractivity contribution in [3.8, 4) is 5.69 Å². The van der Waals surface area contributed by atoms with Gasteiger partial charge in [-0.15, -0.1) is 0 Å². The molecule has 2 fully saturated rings. The Labute approximate surface area is 175 Å². The monoisotopic (exact) mass is 414 g/mol. The SMILES string of the molecule is CCc1c(C(=O)N2CCCC(C(=O)N3CCOCC3)C2)cnn1-c1ccc(F)cc1. The van der Waals surface area contributed by atoms with Gasteiger partial charge < -0.3 is 14.5 Å². The zero-order valence-electron chi connectivity index (χ0n) is 17.2. The second kappa shape index (κ2) is 8.95. The number of carbonyl (C=O) groups is 2. The van der Waals surface area contributed by atoms with Crippen molar-refractivity contribution in [2.24, 2.45) is 5.92 Å². The number of halogens is 1. The smallest absolute Gasteiger partial charge is 0.257 e. The van der Waals surface area contributed by atoms with Gasteiger partial charge in [-0.3, -0.25) is 9.59 Å². The maximum atomic E-state index is 13.3. The molecule has 160 valence electrons. The number of likely N-dealkylation sites (tertiary alicyclic amines) is 1. The molecule has 1 unspecified atom stereocenters. The van der Waals surface area contributed by atoms with Crippen molar-refractivity contribution in [2.75, 3.05) is 39.4 Å². The fraction of sp³-hybridized carbons (Fsp3) is 0.500. The van der Waals surface area contributed by atoms with Crippen LogP contribution in [0.1, 0.15) is 35.8 Å². The summed E-state index contributed by atoms with van der Waals surface area (Å²) in [6.45, 7) is 5.42. The molecule has 2 aromatic rings. The van der Waals surface area contributed by atoms with E-state index in [0.717, 1.165) is 18.5 Å². The molecule has 30 heavy (non-hydrogen) atoms. The molecule has 2 aliphatic rings. The Morgan fingerprint density at radius 2 is 1.87 bits per heavy atom. The van der Waals surface area contributed by atoms with Crippen LogP contribution in [0.5, 0.6) is 0 Å². The lowest BCUT2D eigenvalue weighted by Gasteiger charge is -2.36. The molecule has 1 aromatic carbocycles. The van der Waals surface area contributed by atoms with Crippen LogP contribution in [0.4, 0.5) is 4.39 Å². The molecule has 1 atom stereocenters. The van der Waals surface area contributed by atoms with Crippen LogP contribution in [0.15, 0.2) is 30.5 Å². The summed E-state index contributed by atoms with van der Waals surface area (Å²) in [4.78, 5) is 29.8. The Balaban J connectivity index is 1.51. The maximum Gasteiger partial charge on any atom is 0.257 e. The molecule has 3 heterocycles. The largest absolute Gasteiger partial charge is 0.378 e. The number of benzene rings is 1. The molecule has 1 aromatic heterocycles. The highest BCUT2D eigenvalue weighted by Crippen LogP contribution is 2.23. The predicted octanol–water partition coefficient (Wildman–Crippen LogP) is 2.28. The molecular formula is C22H27FN4O3. The average Bonchev–Trinajstić information content (AvgIpc) is 3.23. The van der Waals surface area contributed by atoms with Gasteiger partial charge in [0.15, 0.2) is 0 Å². The van der Waals surface area contributed by atoms with Crippen molar-refractivity contribution in [3.05, 3.63) is 47.5 Å². The van der Waals surface area contributed by atoms with E-state index >= 15 is 0 Å². The summed E-state index contributed by atoms with van der Waals surface area (Å²) >= 11 is 0. The van der Waals surface area contributed by atoms with Gasteiger partial charge in [0, 0.05) is 26.2 Å². The highest BCUT2D eigenvalue weighted by molar-refractivity contribution is 5.95. The third-order valence-electron chi connectivity index (χ3n) is 5.89. The molecule has 2 saturated heterocycles. The Kier molecular flexibility index (Phi) is 6.13. The number of hydrogen-bond acceptors (Lipinski definition) is 4. The predicted molar refractivity (Wildman–Crippen MR) is 109 cm³/mol. The van der Waals surface area contributed by atoms with Crippen LogP contribution in [-0.4, -0.2) is 70.8 Å². The minimum atomic E-state index is -0.315. The van der Waals surface area contributed by atoms with E-state index in [-0.39, 0.29) is 23.5 Å². The van der Waals surface area contributed by atoms with Crippen molar-refractivity contribution < 1.29 is 18.7 Å². The van der Waals surface area contributed by atoms with Gasteiger partial charge in [0.05, 0.1) is 42.3 Å². The van der Waals surface area contributed by atoms with E-state index in [9.17, 15) is 14.0 Å². The first-order valence-electron chi connectivity index (χ1n) is 10.6. The van der Waals surface area contributed by atoms with Crippen molar-refractivity contribution in [1.29, 1.82) is 0 Å². The number of aromatic nitrogens is 2. The lowest BCUT2D eigenvalue weighted by Crippen LogP contribution is -2.49. The average molecular weight is 414 g/mol. The first kappa shape index (κ1) is 20.5. The van der Waals surface area contributed by atoms with Crippen LogP contribution in [0, 0.1) is 11.7 Å². The third-order valence-corrected chi connectivity index (χ3v) is 5.89. The number of morpholine rings is 1. The van der Waals surface area contributed by atoms with Gasteiger partial charge in [-0.05, 0) is 43.5 Å². The number of nitrogens with zero attached hydrogens (tertiary/aromatic N) is 4. The van der Waals surface area contributed by atoms with Gasteiger partial charge in [0.1, 0.15) is 5.82 Å². The fourth-order valence-electron chi connectivity index (χ4n) is 4.27. The van der Waals surface area contributed by atoms with E-state index in [1.54, 1.807) is 27.9 Å². The summed E-state index contributed by atoms with van der Waals surface area (Å²) in [5.74, 6) is -0.462. The quantitative estimate of drug-likeness (QED) is 0.770. The van der Waals surface area contributed by atoms with Crippen LogP contribution in [0.25, 0.3) is 5.69 Å². The lowest BCUT2D eigenvalue weighted by molar-refractivity contribution is -0.141. The minimum Gasteiger partial charge on any atom is -0.378 e. The van der Waals surface area contributed by atoms with Crippen LogP contribution in [0.2, 0.25) is 0 Å². The molecule has 8 heteroatoms. The minimum absolute atomic E-state index is 0.0975. The first-order chi connectivity index (χ1) is 14.6. The molecule has 0 bridgehead atoms. The topological polar surface area (TPSA) is 67.7 Å². The summed E-state index contributed by atoms with van der Waals surface area (Å²) in [7, 11) is 0. The van der Waals surface area contributed by atoms with E-state index in [4.69, 9.17) is 4.74 Å². The number of amides is 2. The van der Waals surface area contributed by atoms with E-state index in [2.05, 4.69) is 5.10 Å². The van der Waals surface area contributed by atoms with E-state index in [1.807, 2.05) is 11.8 Å². The summed E-state index contributed by atoms with van der Waals surface area (Å²) in [6, 6.07) is 6.05. The second-order valence-electron chi connectivity index (χ2n) is 7.77. The van der Waals surface area contributed by atoms with Crippen molar-refractivity contribution in [2.45, 2.75) is 26.2 Å². The van der Waals surface area contributed by atoms with Gasteiger partial charge in [-0.25, -0.2) is 9.07 Å². The van der Waals surface area contributed by atoms with Gasteiger partial charge in [0.25, 0.3) is 5.91 Å². The molecule has 4 rings (SSSR count). The van der Waals surface area contributed by atoms with Gasteiger partial charge in [0.2, 0.25) is 5.91 Å². The molecule has 0 aliphatic carbocycles. The van der Waals surface area contributed by atoms with Crippen molar-refractivity contribution in [3.63, 3.8) is 0 Å². The summed E-state index contributed by atoms with van der Waals surface area (Å²) in [5, 5.41) is 4.39. The number of ether oxygens (including phenoxy) is 1. The first-order valence-corrected chi connectivity index (χ1v) is 10.6. The van der Waals surface area contributed by atoms with Crippen LogP contribution >= 0.6 is 0 Å². The number of piperidine rings is 1. The molecule has 7 nitrogen and oxygen atoms in total. The van der Waals surface area contributed by atoms with Crippen LogP contribution in [-0.2, 0) is 16.0 Å². The van der Waals surface area contributed by atoms with Crippen LogP contribution < -0.4 is 0 Å². The summed E-state index contributed by atoms with van der Waals surface area (Å²) < 4.78 is 20.3. The lowest BCUT2D eigenvalue weighted by atomic mass is 9.95. The van der Waals surface area contributed by atoms with Gasteiger partial charge >= 0.3 is 0 Å². The molecule has 0 N–H and O–H groups in total. The summed E-state index contributed by atoms with van der Waals surface area (Å²) in [5.41, 5.74) is 2.04. The normalized spacial score (nSPS) is 19.7. The molecule has 0 radical (unpaired) electrons. The molecule has 0 saturated carbocycles. The molecule has 0 spiro atoms. The van der Waals surface area contributed by atoms with Crippen molar-refractivity contribution in [1.82, 2.24) is 19.6 Å². The Morgan fingerprint density at radius 3 is 2.57 bits per heavy atom. The van der Waals surface area contributed by atoms with E-state index in [1.165, 1.54) is 12.1 Å². The number of rotatable bonds is 4. The zero-order chi connectivity index (χ0) is 21.1. The molecule has 2 amide bonds. The van der Waals surface area contributed by atoms with Crippen LogP contribution in [0.3, 0.4) is 0 Å². The highest BCUT2D eigenvalue weighted by Gasteiger charge is 2.33. The standard InChI is InChI=1S/C22H27FN4O3/c1-2-20-19(14-24-27(20)18-7-5-17(23)6-8-18)22(29)26-9-3-4-16(15-26)21(28)25-10-12-30-13-11-25/h5-8,14,16H,2-4,9-13,15H2,1H3. The number of hydrogen-bond donors (Lipinski definition) is 0. The maximum absolute atomic E-state index is 13.3. The van der Waals surface area contributed by atoms with E-state index < -0.39 is 0 Å². The zero-order valence-corrected chi connectivity index (χ0v) is 17.2. The number of carbonyl (C=O) groups excluding carboxylic acids is 2. The van der Waals surface area contributed by atoms with Gasteiger partial charge in [-0.1, -0.05) is 6.92 Å². The third kappa shape index (κ3) is 4.09. The Morgan fingerprint density at radius 1 is 1.13 bits per heavy atom. The molecular weight excluding hydrogens is 387 g/mol. The Bertz CT molecular complexity index is 906. The second-order valence-corrected chi connectivity index (χ2v) is 7.77. The van der Waals surface area contributed by atoms with Gasteiger partial charge in [-0.2, -0.15) is 5.10 Å². The van der Waals surface area contributed by atoms with E-state index in [0.29, 0.717) is 57.1 Å².